The lowest BCUT2D eigenvalue weighted by molar-refractivity contribution is 0.0956. The van der Waals surface area contributed by atoms with Crippen molar-refractivity contribution < 1.29 is 4.79 Å². The van der Waals surface area contributed by atoms with Gasteiger partial charge in [0, 0.05) is 24.3 Å². The van der Waals surface area contributed by atoms with E-state index in [0.717, 1.165) is 15.6 Å². The lowest BCUT2D eigenvalue weighted by Crippen LogP contribution is -2.22. The Morgan fingerprint density at radius 3 is 3.05 bits per heavy atom. The summed E-state index contributed by atoms with van der Waals surface area (Å²) in [6, 6.07) is 3.82. The quantitative estimate of drug-likeness (QED) is 0.779. The number of anilines is 1. The minimum absolute atomic E-state index is 0.134. The standard InChI is InChI=1S/C13H11N3OS2/c14-11-9-1-3-15-6-10(9)19-12(11)13(17)16-5-8-2-4-18-7-8/h1-4,6-7H,5,14H2,(H,16,17). The van der Waals surface area contributed by atoms with Crippen molar-refractivity contribution in [3.63, 3.8) is 0 Å². The molecule has 3 aromatic rings. The molecule has 0 aliphatic heterocycles. The number of aromatic nitrogens is 1. The third kappa shape index (κ3) is 2.32. The molecule has 0 saturated carbocycles. The maximum absolute atomic E-state index is 12.1. The molecule has 0 radical (unpaired) electrons. The lowest BCUT2D eigenvalue weighted by atomic mass is 10.2. The monoisotopic (exact) mass is 289 g/mol. The second kappa shape index (κ2) is 4.99. The molecular formula is C13H11N3OS2. The van der Waals surface area contributed by atoms with Crippen molar-refractivity contribution in [3.8, 4) is 0 Å². The van der Waals surface area contributed by atoms with E-state index in [9.17, 15) is 4.79 Å². The SMILES string of the molecule is Nc1c(C(=O)NCc2ccsc2)sc2cnccc12. The average molecular weight is 289 g/mol. The molecule has 0 bridgehead atoms. The summed E-state index contributed by atoms with van der Waals surface area (Å²) in [6.45, 7) is 0.522. The van der Waals surface area contributed by atoms with Gasteiger partial charge >= 0.3 is 0 Å². The van der Waals surface area contributed by atoms with Gasteiger partial charge in [-0.25, -0.2) is 0 Å². The summed E-state index contributed by atoms with van der Waals surface area (Å²) >= 11 is 2.98. The van der Waals surface area contributed by atoms with E-state index in [-0.39, 0.29) is 5.91 Å². The third-order valence-corrected chi connectivity index (χ3v) is 4.66. The number of hydrogen-bond donors (Lipinski definition) is 2. The van der Waals surface area contributed by atoms with Gasteiger partial charge in [-0.05, 0) is 28.5 Å². The molecule has 0 atom stereocenters. The second-order valence-corrected chi connectivity index (χ2v) is 5.86. The van der Waals surface area contributed by atoms with Crippen molar-refractivity contribution in [2.75, 3.05) is 5.73 Å². The summed E-state index contributed by atoms with van der Waals surface area (Å²) in [7, 11) is 0. The first kappa shape index (κ1) is 12.1. The maximum Gasteiger partial charge on any atom is 0.263 e. The summed E-state index contributed by atoms with van der Waals surface area (Å²) in [6.07, 6.45) is 3.41. The first-order valence-corrected chi connectivity index (χ1v) is 7.43. The topological polar surface area (TPSA) is 68.0 Å². The summed E-state index contributed by atoms with van der Waals surface area (Å²) in [4.78, 5) is 16.7. The van der Waals surface area contributed by atoms with Crippen molar-refractivity contribution in [2.24, 2.45) is 0 Å². The van der Waals surface area contributed by atoms with Crippen LogP contribution in [0.4, 0.5) is 5.69 Å². The van der Waals surface area contributed by atoms with Crippen LogP contribution in [-0.4, -0.2) is 10.9 Å². The second-order valence-electron chi connectivity index (χ2n) is 4.03. The van der Waals surface area contributed by atoms with Gasteiger partial charge in [0.1, 0.15) is 4.88 Å². The van der Waals surface area contributed by atoms with Gasteiger partial charge in [0.05, 0.1) is 10.4 Å². The number of nitrogens with two attached hydrogens (primary N) is 1. The van der Waals surface area contributed by atoms with Gasteiger partial charge in [-0.3, -0.25) is 9.78 Å². The first-order valence-electron chi connectivity index (χ1n) is 5.67. The lowest BCUT2D eigenvalue weighted by Gasteiger charge is -2.02. The maximum atomic E-state index is 12.1. The zero-order valence-electron chi connectivity index (χ0n) is 9.92. The number of nitrogen functional groups attached to an aromatic ring is 1. The Morgan fingerprint density at radius 2 is 2.32 bits per heavy atom. The van der Waals surface area contributed by atoms with E-state index >= 15 is 0 Å². The highest BCUT2D eigenvalue weighted by atomic mass is 32.1. The Bertz CT molecular complexity index is 719. The molecule has 6 heteroatoms. The molecule has 0 saturated heterocycles. The zero-order valence-corrected chi connectivity index (χ0v) is 11.6. The number of hydrogen-bond acceptors (Lipinski definition) is 5. The molecular weight excluding hydrogens is 278 g/mol. The molecule has 19 heavy (non-hydrogen) atoms. The highest BCUT2D eigenvalue weighted by molar-refractivity contribution is 7.21. The van der Waals surface area contributed by atoms with Crippen LogP contribution in [0.25, 0.3) is 10.1 Å². The highest BCUT2D eigenvalue weighted by Gasteiger charge is 2.15. The van der Waals surface area contributed by atoms with Crippen molar-refractivity contribution in [1.29, 1.82) is 0 Å². The van der Waals surface area contributed by atoms with Gasteiger partial charge in [-0.1, -0.05) is 0 Å². The number of nitrogens with zero attached hydrogens (tertiary/aromatic N) is 1. The Morgan fingerprint density at radius 1 is 1.42 bits per heavy atom. The molecule has 0 aliphatic rings. The normalized spacial score (nSPS) is 10.7. The highest BCUT2D eigenvalue weighted by Crippen LogP contribution is 2.32. The van der Waals surface area contributed by atoms with Crippen LogP contribution >= 0.6 is 22.7 Å². The van der Waals surface area contributed by atoms with Crippen LogP contribution in [0.5, 0.6) is 0 Å². The predicted octanol–water partition coefficient (Wildman–Crippen LogP) is 2.87. The number of pyridine rings is 1. The number of carbonyl (C=O) groups is 1. The van der Waals surface area contributed by atoms with Crippen molar-refractivity contribution >= 4 is 44.4 Å². The Balaban J connectivity index is 1.83. The fraction of sp³-hybridized carbons (Fsp3) is 0.0769. The smallest absolute Gasteiger partial charge is 0.263 e. The van der Waals surface area contributed by atoms with E-state index in [4.69, 9.17) is 5.73 Å². The molecule has 1 amide bonds. The van der Waals surface area contributed by atoms with Crippen molar-refractivity contribution in [2.45, 2.75) is 6.54 Å². The van der Waals surface area contributed by atoms with Crippen LogP contribution < -0.4 is 11.1 Å². The number of thiophene rings is 2. The van der Waals surface area contributed by atoms with Crippen LogP contribution in [0.2, 0.25) is 0 Å². The fourth-order valence-electron chi connectivity index (χ4n) is 1.80. The molecule has 3 aromatic heterocycles. The van der Waals surface area contributed by atoms with E-state index in [1.165, 1.54) is 11.3 Å². The summed E-state index contributed by atoms with van der Waals surface area (Å²) in [5, 5.41) is 7.77. The van der Waals surface area contributed by atoms with Crippen molar-refractivity contribution in [3.05, 3.63) is 45.7 Å². The molecule has 4 nitrogen and oxygen atoms in total. The number of carbonyl (C=O) groups excluding carboxylic acids is 1. The molecule has 0 aliphatic carbocycles. The number of fused-ring (bicyclic) bond motifs is 1. The fourth-order valence-corrected chi connectivity index (χ4v) is 3.47. The summed E-state index contributed by atoms with van der Waals surface area (Å²) < 4.78 is 0.931. The van der Waals surface area contributed by atoms with Gasteiger partial charge in [0.15, 0.2) is 0 Å². The Hall–Kier alpha value is -1.92. The minimum Gasteiger partial charge on any atom is -0.397 e. The van der Waals surface area contributed by atoms with Gasteiger partial charge in [-0.2, -0.15) is 11.3 Å². The van der Waals surface area contributed by atoms with Crippen LogP contribution in [0.1, 0.15) is 15.2 Å². The molecule has 3 rings (SSSR count). The van der Waals surface area contributed by atoms with Gasteiger partial charge in [0.25, 0.3) is 5.91 Å². The molecule has 3 N–H and O–H groups in total. The van der Waals surface area contributed by atoms with Crippen molar-refractivity contribution in [1.82, 2.24) is 10.3 Å². The number of nitrogens with one attached hydrogen (secondary N) is 1. The predicted molar refractivity (Wildman–Crippen MR) is 79.5 cm³/mol. The third-order valence-electron chi connectivity index (χ3n) is 2.77. The number of amides is 1. The van der Waals surface area contributed by atoms with E-state index in [1.807, 2.05) is 22.9 Å². The molecule has 0 unspecified atom stereocenters. The molecule has 0 fully saturated rings. The van der Waals surface area contributed by atoms with E-state index in [1.54, 1.807) is 23.7 Å². The Kier molecular flexibility index (Phi) is 3.18. The molecule has 96 valence electrons. The van der Waals surface area contributed by atoms with Crippen LogP contribution in [0.3, 0.4) is 0 Å². The number of rotatable bonds is 3. The molecule has 0 aromatic carbocycles. The van der Waals surface area contributed by atoms with Gasteiger partial charge in [-0.15, -0.1) is 11.3 Å². The minimum atomic E-state index is -0.134. The Labute approximate surface area is 117 Å². The van der Waals surface area contributed by atoms with Gasteiger partial charge < -0.3 is 11.1 Å². The summed E-state index contributed by atoms with van der Waals surface area (Å²) in [5.41, 5.74) is 7.64. The average Bonchev–Trinajstić information content (AvgIpc) is 3.05. The largest absolute Gasteiger partial charge is 0.397 e. The van der Waals surface area contributed by atoms with Gasteiger partial charge in [0.2, 0.25) is 0 Å². The molecule has 3 heterocycles. The molecule has 0 spiro atoms. The van der Waals surface area contributed by atoms with E-state index in [0.29, 0.717) is 17.1 Å². The first-order chi connectivity index (χ1) is 9.25. The van der Waals surface area contributed by atoms with E-state index < -0.39 is 0 Å². The zero-order chi connectivity index (χ0) is 13.2. The van der Waals surface area contributed by atoms with E-state index in [2.05, 4.69) is 10.3 Å². The van der Waals surface area contributed by atoms with Crippen LogP contribution in [0, 0.1) is 0 Å². The van der Waals surface area contributed by atoms with Crippen LogP contribution in [0.15, 0.2) is 35.3 Å². The summed E-state index contributed by atoms with van der Waals surface area (Å²) in [5.74, 6) is -0.134. The van der Waals surface area contributed by atoms with Crippen LogP contribution in [-0.2, 0) is 6.54 Å².